The van der Waals surface area contributed by atoms with E-state index in [2.05, 4.69) is 22.1 Å². The summed E-state index contributed by atoms with van der Waals surface area (Å²) in [7, 11) is 0. The van der Waals surface area contributed by atoms with Crippen LogP contribution in [0.1, 0.15) is 18.3 Å². The molecule has 0 bridgehead atoms. The minimum Gasteiger partial charge on any atom is -0.486 e. The molecule has 0 radical (unpaired) electrons. The standard InChI is InChI=1S/C21H20N4O2S/c1-2-25-19(13-27-16-8-4-3-5-9-16)23-24-21(25)28-14-15-12-20(26)22-18-11-7-6-10-17(15)18/h3-12H,2,13-14H2,1H3,(H,22,26). The van der Waals surface area contributed by atoms with Gasteiger partial charge in [-0.3, -0.25) is 4.79 Å². The van der Waals surface area contributed by atoms with E-state index in [-0.39, 0.29) is 5.56 Å². The third kappa shape index (κ3) is 3.94. The number of H-pyrrole nitrogens is 1. The van der Waals surface area contributed by atoms with Crippen LogP contribution in [0, 0.1) is 0 Å². The zero-order valence-electron chi connectivity index (χ0n) is 15.5. The van der Waals surface area contributed by atoms with Crippen LogP contribution in [0.15, 0.2) is 70.6 Å². The minimum absolute atomic E-state index is 0.0943. The van der Waals surface area contributed by atoms with E-state index in [9.17, 15) is 4.79 Å². The number of thioether (sulfide) groups is 1. The summed E-state index contributed by atoms with van der Waals surface area (Å²) in [6.45, 7) is 3.17. The van der Waals surface area contributed by atoms with Crippen LogP contribution in [0.5, 0.6) is 5.75 Å². The number of nitrogens with zero attached hydrogens (tertiary/aromatic N) is 3. The monoisotopic (exact) mass is 392 g/mol. The third-order valence-corrected chi connectivity index (χ3v) is 5.43. The van der Waals surface area contributed by atoms with Crippen molar-refractivity contribution >= 4 is 22.7 Å². The van der Waals surface area contributed by atoms with Crippen LogP contribution in [0.25, 0.3) is 10.9 Å². The van der Waals surface area contributed by atoms with Crippen molar-refractivity contribution in [3.63, 3.8) is 0 Å². The van der Waals surface area contributed by atoms with Gasteiger partial charge in [-0.1, -0.05) is 48.2 Å². The molecule has 0 aliphatic heterocycles. The van der Waals surface area contributed by atoms with E-state index < -0.39 is 0 Å². The Morgan fingerprint density at radius 3 is 2.68 bits per heavy atom. The van der Waals surface area contributed by atoms with E-state index in [0.717, 1.165) is 39.7 Å². The molecule has 0 unspecified atom stereocenters. The average molecular weight is 392 g/mol. The second kappa shape index (κ2) is 8.31. The molecule has 2 heterocycles. The summed E-state index contributed by atoms with van der Waals surface area (Å²) in [6, 6.07) is 19.1. The normalized spacial score (nSPS) is 11.0. The van der Waals surface area contributed by atoms with Crippen LogP contribution in [-0.4, -0.2) is 19.7 Å². The van der Waals surface area contributed by atoms with E-state index in [1.807, 2.05) is 59.2 Å². The minimum atomic E-state index is -0.0943. The summed E-state index contributed by atoms with van der Waals surface area (Å²) < 4.78 is 7.85. The Bertz CT molecular complexity index is 1140. The van der Waals surface area contributed by atoms with Crippen LogP contribution < -0.4 is 10.3 Å². The number of ether oxygens (including phenoxy) is 1. The molecule has 1 N–H and O–H groups in total. The Kier molecular flexibility index (Phi) is 5.43. The SMILES string of the molecule is CCn1c(COc2ccccc2)nnc1SCc1cc(=O)[nH]c2ccccc12. The number of fused-ring (bicyclic) bond motifs is 1. The zero-order valence-corrected chi connectivity index (χ0v) is 16.3. The van der Waals surface area contributed by atoms with Crippen LogP contribution in [0.2, 0.25) is 0 Å². The number of rotatable bonds is 7. The fraction of sp³-hybridized carbons (Fsp3) is 0.190. The van der Waals surface area contributed by atoms with Gasteiger partial charge < -0.3 is 14.3 Å². The molecule has 2 aromatic carbocycles. The molecule has 2 aromatic heterocycles. The summed E-state index contributed by atoms with van der Waals surface area (Å²) in [5.74, 6) is 2.23. The Morgan fingerprint density at radius 1 is 1.07 bits per heavy atom. The van der Waals surface area contributed by atoms with Crippen LogP contribution in [-0.2, 0) is 18.9 Å². The van der Waals surface area contributed by atoms with Gasteiger partial charge in [0.2, 0.25) is 5.56 Å². The van der Waals surface area contributed by atoms with Crippen molar-refractivity contribution in [1.82, 2.24) is 19.7 Å². The molecule has 142 valence electrons. The highest BCUT2D eigenvalue weighted by atomic mass is 32.2. The second-order valence-electron chi connectivity index (χ2n) is 6.24. The Morgan fingerprint density at radius 2 is 1.86 bits per heavy atom. The third-order valence-electron chi connectivity index (χ3n) is 4.41. The lowest BCUT2D eigenvalue weighted by atomic mass is 10.1. The number of pyridine rings is 1. The highest BCUT2D eigenvalue weighted by Crippen LogP contribution is 2.25. The number of nitrogens with one attached hydrogen (secondary N) is 1. The van der Waals surface area contributed by atoms with Crippen molar-refractivity contribution in [2.75, 3.05) is 0 Å². The molecule has 0 fully saturated rings. The molecule has 4 rings (SSSR count). The number of hydrogen-bond acceptors (Lipinski definition) is 5. The highest BCUT2D eigenvalue weighted by Gasteiger charge is 2.13. The second-order valence-corrected chi connectivity index (χ2v) is 7.18. The molecule has 0 amide bonds. The molecule has 0 aliphatic carbocycles. The van der Waals surface area contributed by atoms with Crippen molar-refractivity contribution in [2.45, 2.75) is 31.0 Å². The van der Waals surface area contributed by atoms with Crippen LogP contribution in [0.4, 0.5) is 0 Å². The predicted octanol–water partition coefficient (Wildman–Crippen LogP) is 4.01. The van der Waals surface area contributed by atoms with E-state index in [4.69, 9.17) is 4.74 Å². The average Bonchev–Trinajstić information content (AvgIpc) is 3.13. The van der Waals surface area contributed by atoms with E-state index >= 15 is 0 Å². The van der Waals surface area contributed by atoms with Crippen LogP contribution >= 0.6 is 11.8 Å². The molecule has 0 atom stereocenters. The van der Waals surface area contributed by atoms with Crippen molar-refractivity contribution < 1.29 is 4.74 Å². The number of para-hydroxylation sites is 2. The maximum Gasteiger partial charge on any atom is 0.248 e. The van der Waals surface area contributed by atoms with Gasteiger partial charge in [0.05, 0.1) is 0 Å². The summed E-state index contributed by atoms with van der Waals surface area (Å²) >= 11 is 1.57. The van der Waals surface area contributed by atoms with Gasteiger partial charge in [-0.2, -0.15) is 0 Å². The lowest BCUT2D eigenvalue weighted by Gasteiger charge is -2.09. The largest absolute Gasteiger partial charge is 0.486 e. The fourth-order valence-electron chi connectivity index (χ4n) is 3.05. The smallest absolute Gasteiger partial charge is 0.248 e. The van der Waals surface area contributed by atoms with Crippen molar-refractivity contribution in [2.24, 2.45) is 0 Å². The lowest BCUT2D eigenvalue weighted by molar-refractivity contribution is 0.288. The molecular formula is C21H20N4O2S. The highest BCUT2D eigenvalue weighted by molar-refractivity contribution is 7.98. The molecule has 0 spiro atoms. The van der Waals surface area contributed by atoms with Gasteiger partial charge in [0.1, 0.15) is 12.4 Å². The first-order chi connectivity index (χ1) is 13.7. The van der Waals surface area contributed by atoms with Gasteiger partial charge in [0, 0.05) is 29.3 Å². The molecule has 28 heavy (non-hydrogen) atoms. The maximum absolute atomic E-state index is 11.9. The molecule has 7 heteroatoms. The first-order valence-corrected chi connectivity index (χ1v) is 10.1. The fourth-order valence-corrected chi connectivity index (χ4v) is 4.07. The maximum atomic E-state index is 11.9. The Hall–Kier alpha value is -3.06. The van der Waals surface area contributed by atoms with Crippen molar-refractivity contribution in [3.8, 4) is 5.75 Å². The summed E-state index contributed by atoms with van der Waals surface area (Å²) in [6.07, 6.45) is 0. The van der Waals surface area contributed by atoms with Crippen LogP contribution in [0.3, 0.4) is 0 Å². The summed E-state index contributed by atoms with van der Waals surface area (Å²) in [5.41, 5.74) is 1.74. The van der Waals surface area contributed by atoms with Gasteiger partial charge >= 0.3 is 0 Å². The quantitative estimate of drug-likeness (QED) is 0.481. The van der Waals surface area contributed by atoms with E-state index in [1.54, 1.807) is 17.8 Å². The molecule has 0 aliphatic rings. The molecule has 6 nitrogen and oxygen atoms in total. The topological polar surface area (TPSA) is 72.8 Å². The van der Waals surface area contributed by atoms with Crippen molar-refractivity contribution in [3.05, 3.63) is 82.4 Å². The molecule has 4 aromatic rings. The first kappa shape index (κ1) is 18.3. The number of hydrogen-bond donors (Lipinski definition) is 1. The van der Waals surface area contributed by atoms with Gasteiger partial charge in [-0.25, -0.2) is 0 Å². The number of aromatic nitrogens is 4. The van der Waals surface area contributed by atoms with Crippen molar-refractivity contribution in [1.29, 1.82) is 0 Å². The van der Waals surface area contributed by atoms with Gasteiger partial charge in [0.15, 0.2) is 11.0 Å². The first-order valence-electron chi connectivity index (χ1n) is 9.08. The Balaban J connectivity index is 1.51. The summed E-state index contributed by atoms with van der Waals surface area (Å²) in [5, 5.41) is 10.5. The van der Waals surface area contributed by atoms with Gasteiger partial charge in [-0.05, 0) is 30.7 Å². The lowest BCUT2D eigenvalue weighted by Crippen LogP contribution is -2.08. The zero-order chi connectivity index (χ0) is 19.3. The Labute approximate surface area is 166 Å². The molecule has 0 saturated carbocycles. The molecule has 0 saturated heterocycles. The predicted molar refractivity (Wildman–Crippen MR) is 111 cm³/mol. The van der Waals surface area contributed by atoms with E-state index in [1.165, 1.54) is 0 Å². The van der Waals surface area contributed by atoms with Gasteiger partial charge in [0.25, 0.3) is 0 Å². The summed E-state index contributed by atoms with van der Waals surface area (Å²) in [4.78, 5) is 14.8. The number of aromatic amines is 1. The van der Waals surface area contributed by atoms with E-state index in [0.29, 0.717) is 12.4 Å². The number of benzene rings is 2. The van der Waals surface area contributed by atoms with Gasteiger partial charge in [-0.15, -0.1) is 10.2 Å². The molecular weight excluding hydrogens is 372 g/mol.